The molecule has 0 atom stereocenters. The maximum absolute atomic E-state index is 4.66. The van der Waals surface area contributed by atoms with Crippen LogP contribution in [0, 0.1) is 0 Å². The zero-order chi connectivity index (χ0) is 17.2. The van der Waals surface area contributed by atoms with Crippen LogP contribution in [-0.2, 0) is 12.0 Å². The number of rotatable bonds is 4. The third-order valence-electron chi connectivity index (χ3n) is 3.47. The Kier molecular flexibility index (Phi) is 4.62. The second-order valence-corrected chi connectivity index (χ2v) is 7.34. The molecule has 0 radical (unpaired) electrons. The highest BCUT2D eigenvalue weighted by Gasteiger charge is 2.19. The molecule has 24 heavy (non-hydrogen) atoms. The van der Waals surface area contributed by atoms with Crippen LogP contribution in [0.3, 0.4) is 0 Å². The molecule has 0 aliphatic heterocycles. The Morgan fingerprint density at radius 1 is 1.04 bits per heavy atom. The fourth-order valence-corrected chi connectivity index (χ4v) is 3.07. The standard InChI is InChI=1S/C17H20N6S/c1-5-23-14(12-6-9-18-10-7-12)21-22-16(23)24-13-8-11-19-15(20-13)17(2,3)4/h6-11H,5H2,1-4H3. The van der Waals surface area contributed by atoms with Crippen molar-refractivity contribution in [3.05, 3.63) is 42.6 Å². The van der Waals surface area contributed by atoms with Gasteiger partial charge in [-0.2, -0.15) is 0 Å². The quantitative estimate of drug-likeness (QED) is 0.676. The van der Waals surface area contributed by atoms with Gasteiger partial charge in [-0.05, 0) is 36.9 Å². The molecule has 3 heterocycles. The summed E-state index contributed by atoms with van der Waals surface area (Å²) in [6.07, 6.45) is 5.32. The second kappa shape index (κ2) is 6.68. The smallest absolute Gasteiger partial charge is 0.197 e. The van der Waals surface area contributed by atoms with E-state index in [-0.39, 0.29) is 5.41 Å². The number of hydrogen-bond donors (Lipinski definition) is 0. The van der Waals surface area contributed by atoms with Gasteiger partial charge < -0.3 is 4.57 Å². The molecule has 7 heteroatoms. The molecule has 0 fully saturated rings. The van der Waals surface area contributed by atoms with Crippen molar-refractivity contribution >= 4 is 11.8 Å². The summed E-state index contributed by atoms with van der Waals surface area (Å²) in [5, 5.41) is 10.4. The first-order valence-electron chi connectivity index (χ1n) is 7.84. The Labute approximate surface area is 145 Å². The SMILES string of the molecule is CCn1c(Sc2ccnc(C(C)(C)C)n2)nnc1-c1ccncc1. The molecule has 0 saturated heterocycles. The van der Waals surface area contributed by atoms with Gasteiger partial charge in [-0.1, -0.05) is 20.8 Å². The van der Waals surface area contributed by atoms with Crippen LogP contribution < -0.4 is 0 Å². The van der Waals surface area contributed by atoms with Crippen LogP contribution in [0.4, 0.5) is 0 Å². The summed E-state index contributed by atoms with van der Waals surface area (Å²) < 4.78 is 2.08. The lowest BCUT2D eigenvalue weighted by atomic mass is 9.96. The highest BCUT2D eigenvalue weighted by Crippen LogP contribution is 2.29. The summed E-state index contributed by atoms with van der Waals surface area (Å²) >= 11 is 1.51. The van der Waals surface area contributed by atoms with Crippen molar-refractivity contribution in [1.82, 2.24) is 29.7 Å². The Bertz CT molecular complexity index is 823. The van der Waals surface area contributed by atoms with Gasteiger partial charge in [-0.25, -0.2) is 9.97 Å². The van der Waals surface area contributed by atoms with E-state index >= 15 is 0 Å². The predicted octanol–water partition coefficient (Wildman–Crippen LogP) is 3.60. The van der Waals surface area contributed by atoms with Crippen molar-refractivity contribution in [2.45, 2.75) is 49.8 Å². The van der Waals surface area contributed by atoms with E-state index in [1.165, 1.54) is 11.8 Å². The van der Waals surface area contributed by atoms with Crippen LogP contribution in [0.2, 0.25) is 0 Å². The maximum Gasteiger partial charge on any atom is 0.197 e. The molecular weight excluding hydrogens is 320 g/mol. The van der Waals surface area contributed by atoms with Crippen LogP contribution in [0.5, 0.6) is 0 Å². The molecule has 6 nitrogen and oxygen atoms in total. The lowest BCUT2D eigenvalue weighted by molar-refractivity contribution is 0.538. The van der Waals surface area contributed by atoms with E-state index in [4.69, 9.17) is 0 Å². The molecule has 0 amide bonds. The summed E-state index contributed by atoms with van der Waals surface area (Å²) in [6.45, 7) is 9.18. The minimum atomic E-state index is -0.0861. The summed E-state index contributed by atoms with van der Waals surface area (Å²) in [5.74, 6) is 1.66. The summed E-state index contributed by atoms with van der Waals surface area (Å²) in [7, 11) is 0. The van der Waals surface area contributed by atoms with Gasteiger partial charge >= 0.3 is 0 Å². The minimum Gasteiger partial charge on any atom is -0.302 e. The maximum atomic E-state index is 4.66. The lowest BCUT2D eigenvalue weighted by Gasteiger charge is -2.16. The molecule has 0 aliphatic carbocycles. The van der Waals surface area contributed by atoms with Gasteiger partial charge in [0.05, 0.1) is 0 Å². The Morgan fingerprint density at radius 3 is 2.46 bits per heavy atom. The van der Waals surface area contributed by atoms with Crippen molar-refractivity contribution in [1.29, 1.82) is 0 Å². The van der Waals surface area contributed by atoms with E-state index in [0.29, 0.717) is 0 Å². The van der Waals surface area contributed by atoms with Crippen LogP contribution >= 0.6 is 11.8 Å². The average molecular weight is 340 g/mol. The topological polar surface area (TPSA) is 69.4 Å². The van der Waals surface area contributed by atoms with Gasteiger partial charge in [0.2, 0.25) is 0 Å². The first-order valence-corrected chi connectivity index (χ1v) is 8.65. The van der Waals surface area contributed by atoms with E-state index < -0.39 is 0 Å². The van der Waals surface area contributed by atoms with Crippen LogP contribution in [-0.4, -0.2) is 29.7 Å². The Morgan fingerprint density at radius 2 is 1.79 bits per heavy atom. The molecule has 124 valence electrons. The number of pyridine rings is 1. The van der Waals surface area contributed by atoms with Crippen molar-refractivity contribution < 1.29 is 0 Å². The van der Waals surface area contributed by atoms with Crippen molar-refractivity contribution in [3.63, 3.8) is 0 Å². The van der Waals surface area contributed by atoms with Crippen LogP contribution in [0.1, 0.15) is 33.5 Å². The fraction of sp³-hybridized carbons (Fsp3) is 0.353. The van der Waals surface area contributed by atoms with Crippen molar-refractivity contribution in [2.75, 3.05) is 0 Å². The molecule has 0 spiro atoms. The molecule has 0 unspecified atom stereocenters. The number of aromatic nitrogens is 6. The molecule has 3 aromatic rings. The molecule has 0 bridgehead atoms. The number of hydrogen-bond acceptors (Lipinski definition) is 6. The molecular formula is C17H20N6S. The van der Waals surface area contributed by atoms with E-state index in [1.54, 1.807) is 18.6 Å². The monoisotopic (exact) mass is 340 g/mol. The molecule has 0 saturated carbocycles. The summed E-state index contributed by atoms with van der Waals surface area (Å²) in [6, 6.07) is 5.78. The number of nitrogens with zero attached hydrogens (tertiary/aromatic N) is 6. The van der Waals surface area contributed by atoms with E-state index in [9.17, 15) is 0 Å². The molecule has 3 rings (SSSR count). The van der Waals surface area contributed by atoms with Gasteiger partial charge in [-0.3, -0.25) is 4.98 Å². The Hall–Kier alpha value is -2.28. The minimum absolute atomic E-state index is 0.0861. The molecule has 0 aliphatic rings. The second-order valence-electron chi connectivity index (χ2n) is 6.36. The zero-order valence-corrected chi connectivity index (χ0v) is 15.1. The lowest BCUT2D eigenvalue weighted by Crippen LogP contribution is -2.15. The molecule has 0 aromatic carbocycles. The normalized spacial score (nSPS) is 11.7. The van der Waals surface area contributed by atoms with Gasteiger partial charge in [0.1, 0.15) is 10.9 Å². The first kappa shape index (κ1) is 16.6. The molecule has 0 N–H and O–H groups in total. The third-order valence-corrected chi connectivity index (χ3v) is 4.39. The van der Waals surface area contributed by atoms with Crippen molar-refractivity contribution in [2.24, 2.45) is 0 Å². The van der Waals surface area contributed by atoms with E-state index in [2.05, 4.69) is 57.4 Å². The third kappa shape index (κ3) is 3.46. The van der Waals surface area contributed by atoms with Crippen LogP contribution in [0.25, 0.3) is 11.4 Å². The largest absolute Gasteiger partial charge is 0.302 e. The summed E-state index contributed by atoms with van der Waals surface area (Å²) in [4.78, 5) is 13.1. The fourth-order valence-electron chi connectivity index (χ4n) is 2.22. The van der Waals surface area contributed by atoms with E-state index in [0.717, 1.165) is 33.9 Å². The van der Waals surface area contributed by atoms with Crippen molar-refractivity contribution in [3.8, 4) is 11.4 Å². The van der Waals surface area contributed by atoms with E-state index in [1.807, 2.05) is 18.2 Å². The zero-order valence-electron chi connectivity index (χ0n) is 14.3. The van der Waals surface area contributed by atoms with Gasteiger partial charge in [-0.15, -0.1) is 10.2 Å². The summed E-state index contributed by atoms with van der Waals surface area (Å²) in [5.41, 5.74) is 0.918. The predicted molar refractivity (Wildman–Crippen MR) is 93.8 cm³/mol. The van der Waals surface area contributed by atoms with Gasteiger partial charge in [0.15, 0.2) is 11.0 Å². The molecule has 3 aromatic heterocycles. The van der Waals surface area contributed by atoms with Gasteiger partial charge in [0.25, 0.3) is 0 Å². The Balaban J connectivity index is 1.93. The highest BCUT2D eigenvalue weighted by molar-refractivity contribution is 7.99. The average Bonchev–Trinajstić information content (AvgIpc) is 2.98. The highest BCUT2D eigenvalue weighted by atomic mass is 32.2. The van der Waals surface area contributed by atoms with Gasteiger partial charge in [0, 0.05) is 36.1 Å². The van der Waals surface area contributed by atoms with Crippen LogP contribution in [0.15, 0.2) is 47.0 Å². The first-order chi connectivity index (χ1) is 11.5.